The fraction of sp³-hybridized carbons (Fsp3) is 0.286. The van der Waals surface area contributed by atoms with Gasteiger partial charge in [0.15, 0.2) is 0 Å². The SMILES string of the molecule is COC(=O)CN(CC(=O)Nc1ccc(C(=O)N(C)C)cc1)Cc1ccccc1. The molecule has 0 spiro atoms. The van der Waals surface area contributed by atoms with Gasteiger partial charge in [0.2, 0.25) is 5.91 Å². The summed E-state index contributed by atoms with van der Waals surface area (Å²) >= 11 is 0. The molecular formula is C21H25N3O4. The van der Waals surface area contributed by atoms with Gasteiger partial charge in [0, 0.05) is 31.9 Å². The molecule has 2 rings (SSSR count). The highest BCUT2D eigenvalue weighted by molar-refractivity contribution is 5.96. The van der Waals surface area contributed by atoms with E-state index in [1.165, 1.54) is 12.0 Å². The minimum Gasteiger partial charge on any atom is -0.468 e. The number of carbonyl (C=O) groups excluding carboxylic acids is 3. The predicted octanol–water partition coefficient (Wildman–Crippen LogP) is 2.00. The maximum atomic E-state index is 12.4. The van der Waals surface area contributed by atoms with Gasteiger partial charge in [-0.3, -0.25) is 19.3 Å². The highest BCUT2D eigenvalue weighted by Crippen LogP contribution is 2.11. The first-order chi connectivity index (χ1) is 13.4. The lowest BCUT2D eigenvalue weighted by Crippen LogP contribution is -2.37. The third-order valence-corrected chi connectivity index (χ3v) is 4.02. The van der Waals surface area contributed by atoms with Gasteiger partial charge in [0.05, 0.1) is 20.2 Å². The first-order valence-electron chi connectivity index (χ1n) is 8.83. The summed E-state index contributed by atoms with van der Waals surface area (Å²) in [6.07, 6.45) is 0. The number of anilines is 1. The van der Waals surface area contributed by atoms with E-state index >= 15 is 0 Å². The number of nitrogens with one attached hydrogen (secondary N) is 1. The van der Waals surface area contributed by atoms with Crippen LogP contribution >= 0.6 is 0 Å². The first-order valence-corrected chi connectivity index (χ1v) is 8.83. The summed E-state index contributed by atoms with van der Waals surface area (Å²) < 4.78 is 4.72. The second-order valence-corrected chi connectivity index (χ2v) is 6.53. The van der Waals surface area contributed by atoms with E-state index in [0.717, 1.165) is 5.56 Å². The summed E-state index contributed by atoms with van der Waals surface area (Å²) in [5.41, 5.74) is 2.11. The molecule has 0 saturated carbocycles. The zero-order chi connectivity index (χ0) is 20.5. The van der Waals surface area contributed by atoms with E-state index in [-0.39, 0.29) is 24.9 Å². The lowest BCUT2D eigenvalue weighted by molar-refractivity contribution is -0.142. The Kier molecular flexibility index (Phi) is 7.71. The maximum absolute atomic E-state index is 12.4. The second kappa shape index (κ2) is 10.2. The van der Waals surface area contributed by atoms with E-state index in [0.29, 0.717) is 17.8 Å². The van der Waals surface area contributed by atoms with Crippen LogP contribution in [0.3, 0.4) is 0 Å². The quantitative estimate of drug-likeness (QED) is 0.706. The molecular weight excluding hydrogens is 358 g/mol. The number of ether oxygens (including phenoxy) is 1. The Labute approximate surface area is 164 Å². The van der Waals surface area contributed by atoms with Crippen molar-refractivity contribution in [3.63, 3.8) is 0 Å². The molecule has 0 bridgehead atoms. The molecule has 0 heterocycles. The zero-order valence-corrected chi connectivity index (χ0v) is 16.3. The van der Waals surface area contributed by atoms with Gasteiger partial charge in [-0.15, -0.1) is 0 Å². The Balaban J connectivity index is 2.00. The van der Waals surface area contributed by atoms with Crippen molar-refractivity contribution in [1.29, 1.82) is 0 Å². The average Bonchev–Trinajstić information content (AvgIpc) is 2.68. The number of rotatable bonds is 8. The number of carbonyl (C=O) groups is 3. The molecule has 0 fully saturated rings. The molecule has 1 N–H and O–H groups in total. The Morgan fingerprint density at radius 2 is 1.57 bits per heavy atom. The molecule has 0 atom stereocenters. The molecule has 0 radical (unpaired) electrons. The lowest BCUT2D eigenvalue weighted by Gasteiger charge is -2.20. The van der Waals surface area contributed by atoms with Crippen LogP contribution in [0.15, 0.2) is 54.6 Å². The molecule has 2 aromatic rings. The zero-order valence-electron chi connectivity index (χ0n) is 16.3. The highest BCUT2D eigenvalue weighted by atomic mass is 16.5. The van der Waals surface area contributed by atoms with E-state index in [1.807, 2.05) is 30.3 Å². The van der Waals surface area contributed by atoms with Crippen molar-refractivity contribution < 1.29 is 19.1 Å². The summed E-state index contributed by atoms with van der Waals surface area (Å²) in [6, 6.07) is 16.3. The van der Waals surface area contributed by atoms with E-state index < -0.39 is 5.97 Å². The van der Waals surface area contributed by atoms with Gasteiger partial charge in [-0.25, -0.2) is 0 Å². The van der Waals surface area contributed by atoms with Crippen molar-refractivity contribution in [1.82, 2.24) is 9.80 Å². The van der Waals surface area contributed by atoms with E-state index in [4.69, 9.17) is 4.74 Å². The molecule has 0 aliphatic heterocycles. The van der Waals surface area contributed by atoms with Crippen LogP contribution in [-0.2, 0) is 20.9 Å². The van der Waals surface area contributed by atoms with Gasteiger partial charge < -0.3 is 15.0 Å². The number of amides is 2. The van der Waals surface area contributed by atoms with Crippen LogP contribution in [0, 0.1) is 0 Å². The minimum atomic E-state index is -0.407. The lowest BCUT2D eigenvalue weighted by atomic mass is 10.2. The normalized spacial score (nSPS) is 10.4. The molecule has 0 aromatic heterocycles. The van der Waals surface area contributed by atoms with Crippen LogP contribution in [0.4, 0.5) is 5.69 Å². The summed E-state index contributed by atoms with van der Waals surface area (Å²) in [5.74, 6) is -0.771. The molecule has 0 aliphatic rings. The fourth-order valence-electron chi connectivity index (χ4n) is 2.61. The molecule has 2 aromatic carbocycles. The van der Waals surface area contributed by atoms with Gasteiger partial charge in [0.1, 0.15) is 0 Å². The van der Waals surface area contributed by atoms with E-state index in [2.05, 4.69) is 5.32 Å². The standard InChI is InChI=1S/C21H25N3O4/c1-23(2)21(27)17-9-11-18(12-10-17)22-19(25)14-24(15-20(26)28-3)13-16-7-5-4-6-8-16/h4-12H,13-15H2,1-3H3,(H,22,25). The van der Waals surface area contributed by atoms with Gasteiger partial charge in [-0.1, -0.05) is 30.3 Å². The van der Waals surface area contributed by atoms with Crippen molar-refractivity contribution in [3.05, 3.63) is 65.7 Å². The monoisotopic (exact) mass is 383 g/mol. The molecule has 148 valence electrons. The molecule has 28 heavy (non-hydrogen) atoms. The van der Waals surface area contributed by atoms with Gasteiger partial charge in [-0.05, 0) is 29.8 Å². The molecule has 0 aliphatic carbocycles. The second-order valence-electron chi connectivity index (χ2n) is 6.53. The molecule has 0 saturated heterocycles. The highest BCUT2D eigenvalue weighted by Gasteiger charge is 2.16. The Hall–Kier alpha value is -3.19. The van der Waals surface area contributed by atoms with Gasteiger partial charge in [-0.2, -0.15) is 0 Å². The third-order valence-electron chi connectivity index (χ3n) is 4.02. The van der Waals surface area contributed by atoms with Crippen LogP contribution in [0.25, 0.3) is 0 Å². The predicted molar refractivity (Wildman–Crippen MR) is 107 cm³/mol. The maximum Gasteiger partial charge on any atom is 0.319 e. The van der Waals surface area contributed by atoms with Crippen LogP contribution in [0.2, 0.25) is 0 Å². The summed E-state index contributed by atoms with van der Waals surface area (Å²) in [5, 5.41) is 2.79. The topological polar surface area (TPSA) is 79.0 Å². The van der Waals surface area contributed by atoms with Crippen molar-refractivity contribution in [2.45, 2.75) is 6.54 Å². The van der Waals surface area contributed by atoms with Crippen molar-refractivity contribution >= 4 is 23.5 Å². The van der Waals surface area contributed by atoms with Crippen LogP contribution in [0.5, 0.6) is 0 Å². The number of hydrogen-bond acceptors (Lipinski definition) is 5. The van der Waals surface area contributed by atoms with E-state index in [1.54, 1.807) is 43.3 Å². The van der Waals surface area contributed by atoms with Crippen LogP contribution < -0.4 is 5.32 Å². The number of esters is 1. The minimum absolute atomic E-state index is 0.00902. The summed E-state index contributed by atoms with van der Waals surface area (Å²) in [7, 11) is 4.68. The third kappa shape index (κ3) is 6.51. The Morgan fingerprint density at radius 3 is 2.14 bits per heavy atom. The summed E-state index contributed by atoms with van der Waals surface area (Å²) in [6.45, 7) is 0.483. The number of benzene rings is 2. The van der Waals surface area contributed by atoms with Crippen LogP contribution in [-0.4, -0.2) is 61.9 Å². The van der Waals surface area contributed by atoms with Crippen LogP contribution in [0.1, 0.15) is 15.9 Å². The Morgan fingerprint density at radius 1 is 0.929 bits per heavy atom. The molecule has 0 unspecified atom stereocenters. The summed E-state index contributed by atoms with van der Waals surface area (Å²) in [4.78, 5) is 39.2. The fourth-order valence-corrected chi connectivity index (χ4v) is 2.61. The van der Waals surface area contributed by atoms with Crippen molar-refractivity contribution in [2.24, 2.45) is 0 Å². The first kappa shape index (κ1) is 21.1. The number of hydrogen-bond donors (Lipinski definition) is 1. The Bertz CT molecular complexity index is 804. The van der Waals surface area contributed by atoms with Crippen molar-refractivity contribution in [3.8, 4) is 0 Å². The number of methoxy groups -OCH3 is 1. The molecule has 2 amide bonds. The largest absolute Gasteiger partial charge is 0.468 e. The van der Waals surface area contributed by atoms with Gasteiger partial charge in [0.25, 0.3) is 5.91 Å². The number of nitrogens with zero attached hydrogens (tertiary/aromatic N) is 2. The average molecular weight is 383 g/mol. The van der Waals surface area contributed by atoms with E-state index in [9.17, 15) is 14.4 Å². The van der Waals surface area contributed by atoms with Gasteiger partial charge >= 0.3 is 5.97 Å². The van der Waals surface area contributed by atoms with Crippen molar-refractivity contribution in [2.75, 3.05) is 39.6 Å². The molecule has 7 nitrogen and oxygen atoms in total. The molecule has 7 heteroatoms. The smallest absolute Gasteiger partial charge is 0.319 e.